The highest BCUT2D eigenvalue weighted by Gasteiger charge is 2.35. The molecule has 2 N–H and O–H groups in total. The minimum Gasteiger partial charge on any atom is -0.481 e. The number of nitrogens with zero attached hydrogens (tertiary/aromatic N) is 1. The number of rotatable bonds is 3. The molecule has 1 saturated heterocycles. The molecular formula is C13H12Cl2N2O4. The first-order valence-corrected chi connectivity index (χ1v) is 6.91. The SMILES string of the molecule is O=C(O)CC1C(=O)NCCN1C(=O)c1ccc(Cl)c(Cl)c1. The van der Waals surface area contributed by atoms with Gasteiger partial charge in [-0.15, -0.1) is 0 Å². The van der Waals surface area contributed by atoms with E-state index in [2.05, 4.69) is 5.32 Å². The normalized spacial score (nSPS) is 18.3. The molecule has 6 nitrogen and oxygen atoms in total. The zero-order valence-corrected chi connectivity index (χ0v) is 12.3. The van der Waals surface area contributed by atoms with Gasteiger partial charge < -0.3 is 15.3 Å². The van der Waals surface area contributed by atoms with Gasteiger partial charge in [-0.1, -0.05) is 23.2 Å². The number of amides is 2. The highest BCUT2D eigenvalue weighted by molar-refractivity contribution is 6.42. The molecule has 112 valence electrons. The summed E-state index contributed by atoms with van der Waals surface area (Å²) in [6.45, 7) is 0.519. The van der Waals surface area contributed by atoms with E-state index in [-0.39, 0.29) is 23.7 Å². The predicted octanol–water partition coefficient (Wildman–Crippen LogP) is 1.41. The van der Waals surface area contributed by atoms with Gasteiger partial charge in [0.05, 0.1) is 16.5 Å². The fourth-order valence-corrected chi connectivity index (χ4v) is 2.42. The van der Waals surface area contributed by atoms with Gasteiger partial charge in [0.2, 0.25) is 5.91 Å². The molecule has 2 rings (SSSR count). The predicted molar refractivity (Wildman–Crippen MR) is 76.5 cm³/mol. The van der Waals surface area contributed by atoms with Gasteiger partial charge in [-0.3, -0.25) is 14.4 Å². The van der Waals surface area contributed by atoms with Crippen LogP contribution in [-0.2, 0) is 9.59 Å². The van der Waals surface area contributed by atoms with Gasteiger partial charge in [-0.25, -0.2) is 0 Å². The Kier molecular flexibility index (Phi) is 4.69. The second-order valence-corrected chi connectivity index (χ2v) is 5.35. The zero-order chi connectivity index (χ0) is 15.6. The number of hydrogen-bond acceptors (Lipinski definition) is 3. The van der Waals surface area contributed by atoms with Gasteiger partial charge in [0, 0.05) is 18.7 Å². The molecule has 1 heterocycles. The minimum absolute atomic E-state index is 0.221. The Labute approximate surface area is 130 Å². The van der Waals surface area contributed by atoms with E-state index in [0.717, 1.165) is 0 Å². The quantitative estimate of drug-likeness (QED) is 0.877. The van der Waals surface area contributed by atoms with Crippen LogP contribution in [0.25, 0.3) is 0 Å². The van der Waals surface area contributed by atoms with Crippen LogP contribution in [0.5, 0.6) is 0 Å². The fourth-order valence-electron chi connectivity index (χ4n) is 2.12. The lowest BCUT2D eigenvalue weighted by Crippen LogP contribution is -2.57. The first kappa shape index (κ1) is 15.6. The standard InChI is InChI=1S/C13H12Cl2N2O4/c14-8-2-1-7(5-9(8)15)13(21)17-4-3-16-12(20)10(17)6-11(18)19/h1-2,5,10H,3-4,6H2,(H,16,20)(H,18,19). The van der Waals surface area contributed by atoms with Crippen molar-refractivity contribution in [2.24, 2.45) is 0 Å². The molecule has 1 unspecified atom stereocenters. The molecule has 1 aliphatic heterocycles. The summed E-state index contributed by atoms with van der Waals surface area (Å²) >= 11 is 11.7. The summed E-state index contributed by atoms with van der Waals surface area (Å²) < 4.78 is 0. The van der Waals surface area contributed by atoms with Crippen LogP contribution in [-0.4, -0.2) is 46.9 Å². The average molecular weight is 331 g/mol. The lowest BCUT2D eigenvalue weighted by Gasteiger charge is -2.34. The Morgan fingerprint density at radius 2 is 2.05 bits per heavy atom. The number of piperazine rings is 1. The van der Waals surface area contributed by atoms with Gasteiger partial charge in [0.25, 0.3) is 5.91 Å². The van der Waals surface area contributed by atoms with E-state index in [1.807, 2.05) is 0 Å². The second-order valence-electron chi connectivity index (χ2n) is 4.53. The Morgan fingerprint density at radius 1 is 1.33 bits per heavy atom. The van der Waals surface area contributed by atoms with Crippen LogP contribution in [0.4, 0.5) is 0 Å². The van der Waals surface area contributed by atoms with Gasteiger partial charge in [0.1, 0.15) is 6.04 Å². The summed E-state index contributed by atoms with van der Waals surface area (Å²) in [6.07, 6.45) is -0.446. The number of carbonyl (C=O) groups is 3. The van der Waals surface area contributed by atoms with Crippen LogP contribution >= 0.6 is 23.2 Å². The third-order valence-corrected chi connectivity index (χ3v) is 3.87. The average Bonchev–Trinajstić information content (AvgIpc) is 2.43. The first-order chi connectivity index (χ1) is 9.90. The Bertz CT molecular complexity index is 606. The number of hydrogen-bond donors (Lipinski definition) is 2. The molecule has 0 saturated carbocycles. The number of carboxylic acid groups (broad SMARTS) is 1. The van der Waals surface area contributed by atoms with Crippen LogP contribution in [0, 0.1) is 0 Å². The van der Waals surface area contributed by atoms with E-state index in [1.54, 1.807) is 0 Å². The van der Waals surface area contributed by atoms with E-state index in [9.17, 15) is 14.4 Å². The lowest BCUT2D eigenvalue weighted by molar-refractivity contribution is -0.142. The number of nitrogens with one attached hydrogen (secondary N) is 1. The number of carbonyl (C=O) groups excluding carboxylic acids is 2. The topological polar surface area (TPSA) is 86.7 Å². The van der Waals surface area contributed by atoms with E-state index in [4.69, 9.17) is 28.3 Å². The van der Waals surface area contributed by atoms with Crippen molar-refractivity contribution in [3.05, 3.63) is 33.8 Å². The van der Waals surface area contributed by atoms with E-state index in [1.165, 1.54) is 23.1 Å². The van der Waals surface area contributed by atoms with Crippen LogP contribution in [0.2, 0.25) is 10.0 Å². The summed E-state index contributed by atoms with van der Waals surface area (Å²) in [5.41, 5.74) is 0.259. The molecule has 8 heteroatoms. The van der Waals surface area contributed by atoms with E-state index >= 15 is 0 Å². The molecule has 0 aromatic heterocycles. The molecule has 21 heavy (non-hydrogen) atoms. The Morgan fingerprint density at radius 3 is 2.67 bits per heavy atom. The van der Waals surface area contributed by atoms with Crippen molar-refractivity contribution >= 4 is 41.0 Å². The molecular weight excluding hydrogens is 319 g/mol. The summed E-state index contributed by atoms with van der Waals surface area (Å²) in [4.78, 5) is 36.3. The van der Waals surface area contributed by atoms with E-state index < -0.39 is 30.2 Å². The summed E-state index contributed by atoms with van der Waals surface area (Å²) in [7, 11) is 0. The van der Waals surface area contributed by atoms with Crippen molar-refractivity contribution in [2.45, 2.75) is 12.5 Å². The monoisotopic (exact) mass is 330 g/mol. The molecule has 1 atom stereocenters. The van der Waals surface area contributed by atoms with Crippen molar-refractivity contribution < 1.29 is 19.5 Å². The minimum atomic E-state index is -1.15. The van der Waals surface area contributed by atoms with Gasteiger partial charge >= 0.3 is 5.97 Å². The first-order valence-electron chi connectivity index (χ1n) is 6.15. The summed E-state index contributed by atoms with van der Waals surface area (Å²) in [5, 5.41) is 12.0. The van der Waals surface area contributed by atoms with Crippen molar-refractivity contribution in [3.8, 4) is 0 Å². The summed E-state index contributed by atoms with van der Waals surface area (Å²) in [5.74, 6) is -2.07. The highest BCUT2D eigenvalue weighted by atomic mass is 35.5. The number of benzene rings is 1. The maximum absolute atomic E-state index is 12.5. The second kappa shape index (κ2) is 6.32. The molecule has 1 aromatic rings. The Hall–Kier alpha value is -1.79. The van der Waals surface area contributed by atoms with Crippen LogP contribution in [0.1, 0.15) is 16.8 Å². The van der Waals surface area contributed by atoms with Gasteiger partial charge in [0.15, 0.2) is 0 Å². The van der Waals surface area contributed by atoms with Crippen LogP contribution in [0.3, 0.4) is 0 Å². The number of carboxylic acids is 1. The van der Waals surface area contributed by atoms with Crippen molar-refractivity contribution in [1.29, 1.82) is 0 Å². The number of aliphatic carboxylic acids is 1. The smallest absolute Gasteiger partial charge is 0.305 e. The highest BCUT2D eigenvalue weighted by Crippen LogP contribution is 2.24. The third-order valence-electron chi connectivity index (χ3n) is 3.13. The van der Waals surface area contributed by atoms with Crippen LogP contribution < -0.4 is 5.32 Å². The molecule has 0 bridgehead atoms. The van der Waals surface area contributed by atoms with Crippen molar-refractivity contribution in [2.75, 3.05) is 13.1 Å². The molecule has 2 amide bonds. The molecule has 1 fully saturated rings. The largest absolute Gasteiger partial charge is 0.481 e. The molecule has 1 aromatic carbocycles. The summed E-state index contributed by atoms with van der Waals surface area (Å²) in [6, 6.07) is 3.34. The molecule has 0 radical (unpaired) electrons. The maximum atomic E-state index is 12.5. The van der Waals surface area contributed by atoms with E-state index in [0.29, 0.717) is 5.02 Å². The molecule has 0 aliphatic carbocycles. The Balaban J connectivity index is 2.27. The van der Waals surface area contributed by atoms with Crippen LogP contribution in [0.15, 0.2) is 18.2 Å². The molecule has 1 aliphatic rings. The van der Waals surface area contributed by atoms with Gasteiger partial charge in [-0.05, 0) is 18.2 Å². The fraction of sp³-hybridized carbons (Fsp3) is 0.308. The maximum Gasteiger partial charge on any atom is 0.305 e. The molecule has 0 spiro atoms. The third kappa shape index (κ3) is 3.46. The lowest BCUT2D eigenvalue weighted by atomic mass is 10.1. The van der Waals surface area contributed by atoms with Gasteiger partial charge in [-0.2, -0.15) is 0 Å². The number of halogens is 2. The van der Waals surface area contributed by atoms with Crippen molar-refractivity contribution in [3.63, 3.8) is 0 Å². The zero-order valence-electron chi connectivity index (χ0n) is 10.8. The van der Waals surface area contributed by atoms with Crippen molar-refractivity contribution in [1.82, 2.24) is 10.2 Å².